The Morgan fingerprint density at radius 3 is 2.77 bits per heavy atom. The van der Waals surface area contributed by atoms with E-state index in [-0.39, 0.29) is 29.7 Å². The molecule has 6 nitrogen and oxygen atoms in total. The van der Waals surface area contributed by atoms with Crippen LogP contribution in [0.4, 0.5) is 13.2 Å². The summed E-state index contributed by atoms with van der Waals surface area (Å²) < 4.78 is 40.4. The topological polar surface area (TPSA) is 63.1 Å². The molecule has 1 unspecified atom stereocenters. The summed E-state index contributed by atoms with van der Waals surface area (Å²) in [4.78, 5) is 14.1. The van der Waals surface area contributed by atoms with E-state index in [1.807, 2.05) is 7.05 Å². The Kier molecular flexibility index (Phi) is 6.25. The number of rotatable bonds is 4. The fourth-order valence-corrected chi connectivity index (χ4v) is 3.03. The van der Waals surface area contributed by atoms with E-state index in [0.717, 1.165) is 23.7 Å². The molecule has 1 aliphatic rings. The fourth-order valence-electron chi connectivity index (χ4n) is 3.03. The highest BCUT2D eigenvalue weighted by molar-refractivity contribution is 5.92. The Hall–Kier alpha value is -2.13. The van der Waals surface area contributed by atoms with Gasteiger partial charge in [-0.15, -0.1) is 17.5 Å². The maximum atomic E-state index is 13.1. The van der Waals surface area contributed by atoms with Crippen molar-refractivity contribution in [2.24, 2.45) is 5.92 Å². The minimum absolute atomic E-state index is 0. The number of likely N-dealkylation sites (tertiary alicyclic amines) is 1. The van der Waals surface area contributed by atoms with E-state index in [4.69, 9.17) is 0 Å². The van der Waals surface area contributed by atoms with Crippen LogP contribution >= 0.6 is 12.4 Å². The molecular formula is C16H19ClF3N5O. The van der Waals surface area contributed by atoms with Crippen molar-refractivity contribution in [3.05, 3.63) is 41.7 Å². The summed E-state index contributed by atoms with van der Waals surface area (Å²) in [5, 5.41) is 10.6. The predicted molar refractivity (Wildman–Crippen MR) is 91.5 cm³/mol. The lowest BCUT2D eigenvalue weighted by atomic mass is 10.1. The lowest BCUT2D eigenvalue weighted by Gasteiger charge is -2.14. The molecule has 3 rings (SSSR count). The molecule has 1 fully saturated rings. The van der Waals surface area contributed by atoms with Crippen molar-refractivity contribution >= 4 is 18.3 Å². The largest absolute Gasteiger partial charge is 0.418 e. The van der Waals surface area contributed by atoms with Gasteiger partial charge in [0.15, 0.2) is 5.69 Å². The van der Waals surface area contributed by atoms with Crippen molar-refractivity contribution in [2.75, 3.05) is 26.7 Å². The maximum absolute atomic E-state index is 13.1. The first-order chi connectivity index (χ1) is 11.9. The number of amides is 1. The Balaban J connectivity index is 0.00000243. The Morgan fingerprint density at radius 2 is 2.08 bits per heavy atom. The Morgan fingerprint density at radius 1 is 1.35 bits per heavy atom. The van der Waals surface area contributed by atoms with E-state index >= 15 is 0 Å². The van der Waals surface area contributed by atoms with Crippen molar-refractivity contribution in [1.82, 2.24) is 25.2 Å². The van der Waals surface area contributed by atoms with Gasteiger partial charge in [-0.05, 0) is 38.1 Å². The van der Waals surface area contributed by atoms with Gasteiger partial charge in [0.2, 0.25) is 0 Å². The fraction of sp³-hybridized carbons (Fsp3) is 0.438. The zero-order valence-electron chi connectivity index (χ0n) is 14.0. The average molecular weight is 390 g/mol. The number of nitrogens with zero attached hydrogens (tertiary/aromatic N) is 4. The number of nitrogens with one attached hydrogen (secondary N) is 1. The van der Waals surface area contributed by atoms with Gasteiger partial charge in [0.05, 0.1) is 17.4 Å². The van der Waals surface area contributed by atoms with Crippen molar-refractivity contribution in [1.29, 1.82) is 0 Å². The molecule has 1 aliphatic heterocycles. The van der Waals surface area contributed by atoms with Crippen LogP contribution in [-0.2, 0) is 6.18 Å². The molecular weight excluding hydrogens is 371 g/mol. The van der Waals surface area contributed by atoms with E-state index in [1.165, 1.54) is 24.4 Å². The number of hydrogen-bond donors (Lipinski definition) is 1. The zero-order valence-corrected chi connectivity index (χ0v) is 14.8. The molecule has 0 radical (unpaired) electrons. The summed E-state index contributed by atoms with van der Waals surface area (Å²) in [5.41, 5.74) is -0.938. The van der Waals surface area contributed by atoms with Crippen LogP contribution in [0.1, 0.15) is 22.5 Å². The first-order valence-electron chi connectivity index (χ1n) is 7.93. The third kappa shape index (κ3) is 4.16. The van der Waals surface area contributed by atoms with Gasteiger partial charge < -0.3 is 10.2 Å². The van der Waals surface area contributed by atoms with Gasteiger partial charge in [0, 0.05) is 13.1 Å². The summed E-state index contributed by atoms with van der Waals surface area (Å²) in [6.45, 7) is 2.03. The van der Waals surface area contributed by atoms with Gasteiger partial charge in [-0.2, -0.15) is 13.2 Å². The third-order valence-electron chi connectivity index (χ3n) is 4.23. The normalized spacial score (nSPS) is 17.2. The van der Waals surface area contributed by atoms with Gasteiger partial charge in [-0.1, -0.05) is 17.3 Å². The van der Waals surface area contributed by atoms with Gasteiger partial charge >= 0.3 is 6.18 Å². The maximum Gasteiger partial charge on any atom is 0.418 e. The van der Waals surface area contributed by atoms with Crippen LogP contribution in [0.25, 0.3) is 5.69 Å². The number of para-hydroxylation sites is 1. The SMILES string of the molecule is CNCC1CCN(C(=O)c2cn(-c3ccccc3C(F)(F)F)nn2)C1.Cl. The van der Waals surface area contributed by atoms with Crippen LogP contribution in [0.2, 0.25) is 0 Å². The Bertz CT molecular complexity index is 764. The zero-order chi connectivity index (χ0) is 18.0. The smallest absolute Gasteiger partial charge is 0.337 e. The molecule has 1 amide bonds. The van der Waals surface area contributed by atoms with Crippen LogP contribution in [0.15, 0.2) is 30.5 Å². The van der Waals surface area contributed by atoms with Crippen LogP contribution in [0.5, 0.6) is 0 Å². The quantitative estimate of drug-likeness (QED) is 0.872. The third-order valence-corrected chi connectivity index (χ3v) is 4.23. The minimum Gasteiger partial charge on any atom is -0.337 e. The van der Waals surface area contributed by atoms with E-state index in [0.29, 0.717) is 19.0 Å². The molecule has 1 N–H and O–H groups in total. The van der Waals surface area contributed by atoms with Crippen molar-refractivity contribution in [2.45, 2.75) is 12.6 Å². The monoisotopic (exact) mass is 389 g/mol. The highest BCUT2D eigenvalue weighted by atomic mass is 35.5. The molecule has 1 aromatic carbocycles. The number of carbonyl (C=O) groups excluding carboxylic acids is 1. The number of hydrogen-bond acceptors (Lipinski definition) is 4. The number of benzene rings is 1. The molecule has 2 aromatic rings. The molecule has 0 spiro atoms. The molecule has 1 saturated heterocycles. The molecule has 142 valence electrons. The van der Waals surface area contributed by atoms with Crippen LogP contribution in [0.3, 0.4) is 0 Å². The molecule has 26 heavy (non-hydrogen) atoms. The summed E-state index contributed by atoms with van der Waals surface area (Å²) >= 11 is 0. The van der Waals surface area contributed by atoms with Crippen LogP contribution in [0, 0.1) is 5.92 Å². The van der Waals surface area contributed by atoms with Gasteiger partial charge in [0.25, 0.3) is 5.91 Å². The highest BCUT2D eigenvalue weighted by Crippen LogP contribution is 2.33. The van der Waals surface area contributed by atoms with E-state index < -0.39 is 11.7 Å². The van der Waals surface area contributed by atoms with Crippen LogP contribution < -0.4 is 5.32 Å². The van der Waals surface area contributed by atoms with Crippen molar-refractivity contribution in [3.8, 4) is 5.69 Å². The number of alkyl halides is 3. The molecule has 0 bridgehead atoms. The van der Waals surface area contributed by atoms with Gasteiger partial charge in [0.1, 0.15) is 0 Å². The van der Waals surface area contributed by atoms with Crippen LogP contribution in [-0.4, -0.2) is 52.5 Å². The van der Waals surface area contributed by atoms with Crippen molar-refractivity contribution < 1.29 is 18.0 Å². The summed E-state index contributed by atoms with van der Waals surface area (Å²) in [5.74, 6) is 0.0595. The number of halogens is 4. The lowest BCUT2D eigenvalue weighted by Crippen LogP contribution is -2.30. The van der Waals surface area contributed by atoms with Gasteiger partial charge in [-0.3, -0.25) is 4.79 Å². The van der Waals surface area contributed by atoms with E-state index in [1.54, 1.807) is 4.90 Å². The molecule has 1 aromatic heterocycles. The van der Waals surface area contributed by atoms with E-state index in [9.17, 15) is 18.0 Å². The summed E-state index contributed by atoms with van der Waals surface area (Å²) in [7, 11) is 1.86. The molecule has 10 heteroatoms. The lowest BCUT2D eigenvalue weighted by molar-refractivity contribution is -0.137. The standard InChI is InChI=1S/C16H18F3N5O.ClH/c1-20-8-11-6-7-23(9-11)15(25)13-10-24(22-21-13)14-5-3-2-4-12(14)16(17,18)19;/h2-5,10-11,20H,6-9H2,1H3;1H. The summed E-state index contributed by atoms with van der Waals surface area (Å²) in [6, 6.07) is 5.06. The van der Waals surface area contributed by atoms with Crippen molar-refractivity contribution in [3.63, 3.8) is 0 Å². The van der Waals surface area contributed by atoms with E-state index in [2.05, 4.69) is 15.6 Å². The number of aromatic nitrogens is 3. The summed E-state index contributed by atoms with van der Waals surface area (Å²) in [6.07, 6.45) is -2.38. The van der Waals surface area contributed by atoms with Gasteiger partial charge in [-0.25, -0.2) is 4.68 Å². The first kappa shape index (κ1) is 20.2. The second kappa shape index (κ2) is 8.05. The molecule has 2 heterocycles. The Labute approximate surface area is 154 Å². The highest BCUT2D eigenvalue weighted by Gasteiger charge is 2.34. The first-order valence-corrected chi connectivity index (χ1v) is 7.93. The second-order valence-corrected chi connectivity index (χ2v) is 6.03. The predicted octanol–water partition coefficient (Wildman–Crippen LogP) is 2.39. The second-order valence-electron chi connectivity index (χ2n) is 6.03. The molecule has 0 aliphatic carbocycles. The minimum atomic E-state index is -4.51. The average Bonchev–Trinajstić information content (AvgIpc) is 3.23. The number of carbonyl (C=O) groups is 1. The molecule has 0 saturated carbocycles. The molecule has 1 atom stereocenters.